The van der Waals surface area contributed by atoms with Gasteiger partial charge in [-0.1, -0.05) is 0 Å². The maximum atomic E-state index is 11.5. The maximum Gasteiger partial charge on any atom is 0.329 e. The van der Waals surface area contributed by atoms with Gasteiger partial charge in [-0.15, -0.1) is 0 Å². The van der Waals surface area contributed by atoms with Crippen molar-refractivity contribution in [1.29, 1.82) is 0 Å². The summed E-state index contributed by atoms with van der Waals surface area (Å²) in [6, 6.07) is -1.54. The number of aliphatic imine (C=N–C) groups is 4. The van der Waals surface area contributed by atoms with E-state index in [9.17, 15) is 14.4 Å². The highest BCUT2D eigenvalue weighted by Gasteiger charge is 2.29. The van der Waals surface area contributed by atoms with Crippen LogP contribution in [-0.2, 0) is 14.4 Å². The highest BCUT2D eigenvalue weighted by Crippen LogP contribution is 2.05. The van der Waals surface area contributed by atoms with Crippen molar-refractivity contribution in [3.8, 4) is 0 Å². The number of carboxylic acid groups (broad SMARTS) is 2. The first-order chi connectivity index (χ1) is 8.97. The number of hydrogen-bond donors (Lipinski definition) is 3. The van der Waals surface area contributed by atoms with Crippen LogP contribution in [-0.4, -0.2) is 57.9 Å². The lowest BCUT2D eigenvalue weighted by Gasteiger charge is -2.12. The molecule has 3 N–H and O–H groups in total. The number of nitrogens with zero attached hydrogens (tertiary/aromatic N) is 4. The van der Waals surface area contributed by atoms with Crippen LogP contribution in [0.1, 0.15) is 6.42 Å². The zero-order valence-corrected chi connectivity index (χ0v) is 9.27. The monoisotopic (exact) mass is 265 g/mol. The summed E-state index contributed by atoms with van der Waals surface area (Å²) in [5, 5.41) is 19.6. The van der Waals surface area contributed by atoms with Gasteiger partial charge in [-0.3, -0.25) is 14.9 Å². The van der Waals surface area contributed by atoms with Gasteiger partial charge < -0.3 is 10.2 Å². The molecule has 2 aliphatic rings. The number of hydrogen-bond acceptors (Lipinski definition) is 6. The highest BCUT2D eigenvalue weighted by molar-refractivity contribution is 6.71. The Bertz CT molecular complexity index is 588. The molecule has 1 amide bonds. The lowest BCUT2D eigenvalue weighted by atomic mass is 10.2. The lowest BCUT2D eigenvalue weighted by molar-refractivity contribution is -0.144. The first-order valence-corrected chi connectivity index (χ1v) is 5.00. The molecule has 0 spiro atoms. The number of carbonyl (C=O) groups excluding carboxylic acids is 1. The predicted molar refractivity (Wildman–Crippen MR) is 62.6 cm³/mol. The molecule has 0 saturated heterocycles. The van der Waals surface area contributed by atoms with E-state index in [2.05, 4.69) is 25.3 Å². The van der Waals surface area contributed by atoms with Crippen molar-refractivity contribution in [2.45, 2.75) is 12.5 Å². The molecule has 0 aromatic heterocycles. The highest BCUT2D eigenvalue weighted by atomic mass is 16.4. The molecule has 0 aliphatic carbocycles. The summed E-state index contributed by atoms with van der Waals surface area (Å²) in [4.78, 5) is 47.5. The summed E-state index contributed by atoms with van der Waals surface area (Å²) in [6.07, 6.45) is 0.409. The second kappa shape index (κ2) is 4.76. The normalized spacial score (nSPS) is 20.4. The van der Waals surface area contributed by atoms with Crippen molar-refractivity contribution in [3.05, 3.63) is 0 Å². The third-order valence-electron chi connectivity index (χ3n) is 2.16. The number of amides is 1. The van der Waals surface area contributed by atoms with Crippen LogP contribution in [0.5, 0.6) is 0 Å². The predicted octanol–water partition coefficient (Wildman–Crippen LogP) is -1.72. The Morgan fingerprint density at radius 2 is 2.16 bits per heavy atom. The molecule has 1 unspecified atom stereocenters. The minimum atomic E-state index is -1.54. The van der Waals surface area contributed by atoms with E-state index in [0.29, 0.717) is 0 Å². The molecule has 0 saturated carbocycles. The largest absolute Gasteiger partial charge is 0.481 e. The van der Waals surface area contributed by atoms with Gasteiger partial charge in [-0.2, -0.15) is 4.99 Å². The van der Waals surface area contributed by atoms with Crippen molar-refractivity contribution in [3.63, 3.8) is 0 Å². The van der Waals surface area contributed by atoms with Gasteiger partial charge in [0.25, 0.3) is 5.91 Å². The number of carbonyl (C=O) groups is 3. The summed E-state index contributed by atoms with van der Waals surface area (Å²) in [6.45, 7) is 0. The van der Waals surface area contributed by atoms with Crippen molar-refractivity contribution < 1.29 is 24.6 Å². The third-order valence-corrected chi connectivity index (χ3v) is 2.16. The maximum absolute atomic E-state index is 11.5. The number of nitrogens with one attached hydrogen (secondary N) is 1. The van der Waals surface area contributed by atoms with Crippen LogP contribution in [0.2, 0.25) is 0 Å². The standard InChI is InChI=1S/C9H7N5O5/c15-4(16)1-3(8(18)19)12-9-13-6-5(7(17)14-9)10-2-11-6/h2-3H,1H2,(H,15,16)(H,18,19)(H,12,14,17). The quantitative estimate of drug-likeness (QED) is 0.551. The number of amidine groups is 1. The second-order valence-corrected chi connectivity index (χ2v) is 3.52. The Kier molecular flexibility index (Phi) is 3.14. The molecule has 0 aromatic carbocycles. The molecule has 0 fully saturated rings. The first-order valence-electron chi connectivity index (χ1n) is 5.00. The molecule has 2 aliphatic heterocycles. The Morgan fingerprint density at radius 3 is 2.79 bits per heavy atom. The van der Waals surface area contributed by atoms with Crippen LogP contribution in [0.25, 0.3) is 0 Å². The smallest absolute Gasteiger partial charge is 0.329 e. The molecule has 2 heterocycles. The van der Waals surface area contributed by atoms with Gasteiger partial charge in [0.15, 0.2) is 17.6 Å². The molecular weight excluding hydrogens is 258 g/mol. The fourth-order valence-corrected chi connectivity index (χ4v) is 1.35. The molecule has 0 radical (unpaired) electrons. The van der Waals surface area contributed by atoms with E-state index >= 15 is 0 Å². The van der Waals surface area contributed by atoms with E-state index in [1.54, 1.807) is 0 Å². The third kappa shape index (κ3) is 2.68. The average Bonchev–Trinajstić information content (AvgIpc) is 2.76. The Balaban J connectivity index is 2.28. The zero-order valence-electron chi connectivity index (χ0n) is 9.27. The molecule has 2 rings (SSSR count). The van der Waals surface area contributed by atoms with Crippen molar-refractivity contribution in [2.75, 3.05) is 0 Å². The molecular formula is C9H7N5O5. The van der Waals surface area contributed by atoms with Gasteiger partial charge in [0.05, 0.1) is 6.42 Å². The van der Waals surface area contributed by atoms with Gasteiger partial charge in [0.2, 0.25) is 5.96 Å². The van der Waals surface area contributed by atoms with E-state index in [0.717, 1.165) is 6.34 Å². The van der Waals surface area contributed by atoms with Gasteiger partial charge in [0.1, 0.15) is 6.34 Å². The van der Waals surface area contributed by atoms with Crippen LogP contribution < -0.4 is 5.32 Å². The van der Waals surface area contributed by atoms with E-state index in [1.807, 2.05) is 0 Å². The molecule has 10 heteroatoms. The fraction of sp³-hybridized carbons (Fsp3) is 0.222. The zero-order chi connectivity index (χ0) is 14.0. The van der Waals surface area contributed by atoms with Crippen molar-refractivity contribution in [2.24, 2.45) is 20.0 Å². The summed E-state index contributed by atoms with van der Waals surface area (Å²) in [7, 11) is 0. The lowest BCUT2D eigenvalue weighted by Crippen LogP contribution is -2.43. The summed E-state index contributed by atoms with van der Waals surface area (Å²) >= 11 is 0. The molecule has 1 atom stereocenters. The minimum absolute atomic E-state index is 0.00376. The van der Waals surface area contributed by atoms with Crippen LogP contribution in [0, 0.1) is 0 Å². The SMILES string of the molecule is O=C(O)CC(N=C1N=C2N=CN=C2C(=O)N1)C(=O)O. The Hall–Kier alpha value is -2.91. The molecule has 19 heavy (non-hydrogen) atoms. The summed E-state index contributed by atoms with van der Waals surface area (Å²) < 4.78 is 0. The topological polar surface area (TPSA) is 153 Å². The van der Waals surface area contributed by atoms with Crippen molar-refractivity contribution >= 4 is 41.7 Å². The number of aliphatic carboxylic acids is 2. The van der Waals surface area contributed by atoms with Crippen LogP contribution in [0.4, 0.5) is 0 Å². The first kappa shape index (κ1) is 12.5. The van der Waals surface area contributed by atoms with E-state index in [-0.39, 0.29) is 17.5 Å². The van der Waals surface area contributed by atoms with Gasteiger partial charge in [0, 0.05) is 0 Å². The van der Waals surface area contributed by atoms with Crippen LogP contribution in [0.15, 0.2) is 20.0 Å². The molecule has 0 bridgehead atoms. The van der Waals surface area contributed by atoms with Gasteiger partial charge >= 0.3 is 11.9 Å². The molecule has 10 nitrogen and oxygen atoms in total. The fourth-order valence-electron chi connectivity index (χ4n) is 1.35. The Labute approximate surface area is 105 Å². The Morgan fingerprint density at radius 1 is 1.42 bits per heavy atom. The molecule has 0 aromatic rings. The van der Waals surface area contributed by atoms with Gasteiger partial charge in [-0.25, -0.2) is 19.8 Å². The summed E-state index contributed by atoms with van der Waals surface area (Å²) in [5.74, 6) is -3.67. The van der Waals surface area contributed by atoms with Crippen LogP contribution in [0.3, 0.4) is 0 Å². The number of carboxylic acids is 2. The van der Waals surface area contributed by atoms with Crippen LogP contribution >= 0.6 is 0 Å². The summed E-state index contributed by atoms with van der Waals surface area (Å²) in [5.41, 5.74) is 0.00376. The average molecular weight is 265 g/mol. The van der Waals surface area contributed by atoms with E-state index in [1.165, 1.54) is 0 Å². The number of guanidine groups is 1. The van der Waals surface area contributed by atoms with E-state index < -0.39 is 30.3 Å². The second-order valence-electron chi connectivity index (χ2n) is 3.52. The molecule has 98 valence electrons. The van der Waals surface area contributed by atoms with Crippen molar-refractivity contribution in [1.82, 2.24) is 5.32 Å². The number of rotatable bonds is 4. The minimum Gasteiger partial charge on any atom is -0.481 e. The number of fused-ring (bicyclic) bond motifs is 1. The van der Waals surface area contributed by atoms with E-state index in [4.69, 9.17) is 10.2 Å². The van der Waals surface area contributed by atoms with Gasteiger partial charge in [-0.05, 0) is 0 Å².